The Labute approximate surface area is 172 Å². The van der Waals surface area contributed by atoms with Gasteiger partial charge in [0, 0.05) is 43.4 Å². The number of thioether (sulfide) groups is 1. The Morgan fingerprint density at radius 2 is 2.00 bits per heavy atom. The molecule has 0 fully saturated rings. The van der Waals surface area contributed by atoms with Gasteiger partial charge in [0.15, 0.2) is 0 Å². The highest BCUT2D eigenvalue weighted by molar-refractivity contribution is 8.03. The van der Waals surface area contributed by atoms with E-state index in [4.69, 9.17) is 0 Å². The average Bonchev–Trinajstić information content (AvgIpc) is 3.39. The predicted octanol–water partition coefficient (Wildman–Crippen LogP) is 3.50. The quantitative estimate of drug-likeness (QED) is 0.716. The number of aromatic nitrogens is 1. The van der Waals surface area contributed by atoms with Gasteiger partial charge in [-0.05, 0) is 36.8 Å². The maximum Gasteiger partial charge on any atom is 0.135 e. The molecule has 29 heavy (non-hydrogen) atoms. The number of H-pyrrole nitrogens is 1. The van der Waals surface area contributed by atoms with E-state index in [-0.39, 0.29) is 17.0 Å². The highest BCUT2D eigenvalue weighted by Crippen LogP contribution is 2.37. The van der Waals surface area contributed by atoms with Crippen LogP contribution in [0.4, 0.5) is 8.78 Å². The fraction of sp³-hybridized carbons (Fsp3) is 0.333. The summed E-state index contributed by atoms with van der Waals surface area (Å²) in [5, 5.41) is 5.87. The first-order valence-electron chi connectivity index (χ1n) is 9.71. The maximum atomic E-state index is 14.2. The van der Waals surface area contributed by atoms with Crippen LogP contribution in [-0.4, -0.2) is 39.9 Å². The van der Waals surface area contributed by atoms with E-state index < -0.39 is 11.6 Å². The molecular formula is C21H23F2N5S. The summed E-state index contributed by atoms with van der Waals surface area (Å²) in [5.74, 6) is 0.0609. The Kier molecular flexibility index (Phi) is 4.55. The second kappa shape index (κ2) is 7.11. The molecule has 2 atom stereocenters. The SMILES string of the molecule is CC1=C(N2CCc3[nH]c(-c4c(F)cccc4F)cc3C2)NC(C2C=CN(C)N2)S1. The van der Waals surface area contributed by atoms with Crippen LogP contribution in [0.2, 0.25) is 0 Å². The number of nitrogens with one attached hydrogen (secondary N) is 3. The van der Waals surface area contributed by atoms with Crippen LogP contribution in [0.15, 0.2) is 47.3 Å². The average molecular weight is 416 g/mol. The van der Waals surface area contributed by atoms with Crippen molar-refractivity contribution in [3.05, 3.63) is 70.2 Å². The third-order valence-corrected chi connectivity index (χ3v) is 6.86. The molecular weight excluding hydrogens is 392 g/mol. The third-order valence-electron chi connectivity index (χ3n) is 5.65. The lowest BCUT2D eigenvalue weighted by Crippen LogP contribution is -2.46. The van der Waals surface area contributed by atoms with E-state index in [0.717, 1.165) is 30.0 Å². The molecule has 1 aromatic carbocycles. The Morgan fingerprint density at radius 1 is 1.21 bits per heavy atom. The zero-order valence-corrected chi connectivity index (χ0v) is 17.1. The lowest BCUT2D eigenvalue weighted by molar-refractivity contribution is 0.282. The van der Waals surface area contributed by atoms with Crippen molar-refractivity contribution in [1.29, 1.82) is 0 Å². The number of benzene rings is 1. The number of aromatic amines is 1. The fourth-order valence-electron chi connectivity index (χ4n) is 4.22. The Bertz CT molecular complexity index is 994. The zero-order chi connectivity index (χ0) is 20.1. The minimum Gasteiger partial charge on any atom is -0.358 e. The first-order chi connectivity index (χ1) is 14.0. The molecule has 4 heterocycles. The van der Waals surface area contributed by atoms with E-state index in [9.17, 15) is 8.78 Å². The molecule has 3 aliphatic rings. The van der Waals surface area contributed by atoms with E-state index in [0.29, 0.717) is 12.2 Å². The summed E-state index contributed by atoms with van der Waals surface area (Å²) in [5.41, 5.74) is 6.07. The van der Waals surface area contributed by atoms with Gasteiger partial charge < -0.3 is 20.2 Å². The Hall–Kier alpha value is -2.45. The summed E-state index contributed by atoms with van der Waals surface area (Å²) in [7, 11) is 1.99. The van der Waals surface area contributed by atoms with Gasteiger partial charge in [0.25, 0.3) is 0 Å². The van der Waals surface area contributed by atoms with Gasteiger partial charge in [-0.3, -0.25) is 0 Å². The van der Waals surface area contributed by atoms with Crippen LogP contribution in [0.1, 0.15) is 18.2 Å². The maximum absolute atomic E-state index is 14.2. The van der Waals surface area contributed by atoms with E-state index in [1.165, 1.54) is 23.1 Å². The molecule has 0 aliphatic carbocycles. The highest BCUT2D eigenvalue weighted by Gasteiger charge is 2.33. The van der Waals surface area contributed by atoms with Crippen LogP contribution in [0, 0.1) is 11.6 Å². The number of hydrogen-bond acceptors (Lipinski definition) is 5. The van der Waals surface area contributed by atoms with Crippen LogP contribution in [0.3, 0.4) is 0 Å². The minimum atomic E-state index is -0.544. The molecule has 8 heteroatoms. The highest BCUT2D eigenvalue weighted by atomic mass is 32.2. The van der Waals surface area contributed by atoms with Crippen molar-refractivity contribution in [2.24, 2.45) is 0 Å². The second-order valence-corrected chi connectivity index (χ2v) is 9.01. The van der Waals surface area contributed by atoms with Gasteiger partial charge in [-0.15, -0.1) is 11.8 Å². The minimum absolute atomic E-state index is 0.0154. The van der Waals surface area contributed by atoms with Gasteiger partial charge in [-0.25, -0.2) is 14.2 Å². The van der Waals surface area contributed by atoms with Crippen molar-refractivity contribution in [2.45, 2.75) is 31.3 Å². The molecule has 0 bridgehead atoms. The summed E-state index contributed by atoms with van der Waals surface area (Å²) >= 11 is 1.83. The number of hydrogen-bond donors (Lipinski definition) is 3. The fourth-order valence-corrected chi connectivity index (χ4v) is 5.37. The molecule has 0 saturated carbocycles. The monoisotopic (exact) mass is 415 g/mol. The molecule has 2 aromatic rings. The van der Waals surface area contributed by atoms with E-state index in [1.54, 1.807) is 0 Å². The molecule has 5 nitrogen and oxygen atoms in total. The van der Waals surface area contributed by atoms with Gasteiger partial charge in [0.2, 0.25) is 0 Å². The smallest absolute Gasteiger partial charge is 0.135 e. The Balaban J connectivity index is 1.35. The van der Waals surface area contributed by atoms with E-state index in [1.807, 2.05) is 36.1 Å². The van der Waals surface area contributed by atoms with E-state index >= 15 is 0 Å². The van der Waals surface area contributed by atoms with Gasteiger partial charge in [0.1, 0.15) is 17.5 Å². The van der Waals surface area contributed by atoms with Crippen molar-refractivity contribution >= 4 is 11.8 Å². The number of hydrazine groups is 1. The van der Waals surface area contributed by atoms with Crippen LogP contribution >= 0.6 is 11.8 Å². The number of allylic oxidation sites excluding steroid dienone is 1. The molecule has 0 radical (unpaired) electrons. The van der Waals surface area contributed by atoms with Crippen molar-refractivity contribution in [1.82, 2.24) is 25.6 Å². The summed E-state index contributed by atoms with van der Waals surface area (Å²) in [6, 6.07) is 6.10. The summed E-state index contributed by atoms with van der Waals surface area (Å²) in [6.45, 7) is 3.71. The molecule has 0 spiro atoms. The van der Waals surface area contributed by atoms with Crippen molar-refractivity contribution in [3.63, 3.8) is 0 Å². The van der Waals surface area contributed by atoms with Crippen molar-refractivity contribution in [3.8, 4) is 11.3 Å². The first kappa shape index (κ1) is 18.6. The normalized spacial score (nSPS) is 23.7. The number of halogens is 2. The van der Waals surface area contributed by atoms with Gasteiger partial charge in [-0.1, -0.05) is 6.07 Å². The summed E-state index contributed by atoms with van der Waals surface area (Å²) in [6.07, 6.45) is 5.01. The molecule has 2 unspecified atom stereocenters. The summed E-state index contributed by atoms with van der Waals surface area (Å²) < 4.78 is 28.4. The number of rotatable bonds is 3. The summed E-state index contributed by atoms with van der Waals surface area (Å²) in [4.78, 5) is 6.82. The predicted molar refractivity (Wildman–Crippen MR) is 111 cm³/mol. The van der Waals surface area contributed by atoms with E-state index in [2.05, 4.69) is 33.6 Å². The molecule has 5 rings (SSSR count). The molecule has 1 aromatic heterocycles. The number of fused-ring (bicyclic) bond motifs is 1. The topological polar surface area (TPSA) is 46.3 Å². The lowest BCUT2D eigenvalue weighted by atomic mass is 10.1. The largest absolute Gasteiger partial charge is 0.358 e. The van der Waals surface area contributed by atoms with Gasteiger partial charge >= 0.3 is 0 Å². The van der Waals surface area contributed by atoms with Gasteiger partial charge in [0.05, 0.1) is 22.7 Å². The Morgan fingerprint density at radius 3 is 2.72 bits per heavy atom. The molecule has 0 saturated heterocycles. The third kappa shape index (κ3) is 3.30. The second-order valence-electron chi connectivity index (χ2n) is 7.65. The molecule has 3 aliphatic heterocycles. The first-order valence-corrected chi connectivity index (χ1v) is 10.6. The molecule has 0 amide bonds. The van der Waals surface area contributed by atoms with Crippen LogP contribution < -0.4 is 10.7 Å². The zero-order valence-electron chi connectivity index (χ0n) is 16.3. The van der Waals surface area contributed by atoms with Gasteiger partial charge in [-0.2, -0.15) is 0 Å². The van der Waals surface area contributed by atoms with Crippen LogP contribution in [0.25, 0.3) is 11.3 Å². The van der Waals surface area contributed by atoms with Crippen LogP contribution in [0.5, 0.6) is 0 Å². The van der Waals surface area contributed by atoms with Crippen molar-refractivity contribution in [2.75, 3.05) is 13.6 Å². The van der Waals surface area contributed by atoms with Crippen molar-refractivity contribution < 1.29 is 8.78 Å². The molecule has 152 valence electrons. The lowest BCUT2D eigenvalue weighted by Gasteiger charge is -2.31. The number of nitrogens with zero attached hydrogens (tertiary/aromatic N) is 2. The standard InChI is InChI=1S/C21H23F2N5S/c1-12-20(25-21(29-12)17-6-8-27(2)26-17)28-9-7-16-13(11-28)10-18(24-16)19-14(22)4-3-5-15(19)23/h3-6,8,10,17,21,24-26H,7,9,11H2,1-2H3. The molecule has 3 N–H and O–H groups in total. The van der Waals surface area contributed by atoms with Crippen LogP contribution in [-0.2, 0) is 13.0 Å².